The van der Waals surface area contributed by atoms with E-state index in [1.807, 2.05) is 0 Å². The van der Waals surface area contributed by atoms with Crippen LogP contribution in [0.2, 0.25) is 5.02 Å². The minimum absolute atomic E-state index is 0.0162. The molecular weight excluding hydrogens is 336 g/mol. The molecule has 0 heterocycles. The molecule has 0 aromatic heterocycles. The van der Waals surface area contributed by atoms with E-state index in [-0.39, 0.29) is 17.9 Å². The van der Waals surface area contributed by atoms with Crippen LogP contribution in [0.15, 0.2) is 24.3 Å². The quantitative estimate of drug-likeness (QED) is 0.848. The fraction of sp³-hybridized carbons (Fsp3) is 0.562. The van der Waals surface area contributed by atoms with Crippen molar-refractivity contribution >= 4 is 33.2 Å². The van der Waals surface area contributed by atoms with E-state index in [2.05, 4.69) is 10.0 Å². The number of nitrogens with one attached hydrogen (secondary N) is 2. The highest BCUT2D eigenvalue weighted by Crippen LogP contribution is 2.26. The van der Waals surface area contributed by atoms with E-state index in [4.69, 9.17) is 11.6 Å². The van der Waals surface area contributed by atoms with Crippen molar-refractivity contribution in [1.29, 1.82) is 0 Å². The van der Waals surface area contributed by atoms with Gasteiger partial charge in [-0.1, -0.05) is 11.6 Å². The minimum atomic E-state index is -3.25. The van der Waals surface area contributed by atoms with Gasteiger partial charge >= 0.3 is 0 Å². The Bertz CT molecular complexity index is 636. The van der Waals surface area contributed by atoms with Crippen molar-refractivity contribution in [2.45, 2.75) is 50.8 Å². The number of hydrogen-bond acceptors (Lipinski definition) is 3. The molecule has 2 rings (SSSR count). The van der Waals surface area contributed by atoms with Crippen molar-refractivity contribution in [3.05, 3.63) is 29.3 Å². The van der Waals surface area contributed by atoms with Crippen molar-refractivity contribution in [1.82, 2.24) is 4.72 Å². The molecule has 1 aromatic rings. The van der Waals surface area contributed by atoms with E-state index in [1.165, 1.54) is 0 Å². The number of benzene rings is 1. The first-order valence-electron chi connectivity index (χ1n) is 7.85. The maximum Gasteiger partial charge on any atom is 0.227 e. The molecule has 5 nitrogen and oxygen atoms in total. The van der Waals surface area contributed by atoms with Crippen LogP contribution in [-0.4, -0.2) is 25.6 Å². The van der Waals surface area contributed by atoms with E-state index in [1.54, 1.807) is 38.1 Å². The van der Waals surface area contributed by atoms with Gasteiger partial charge in [-0.05, 0) is 63.8 Å². The van der Waals surface area contributed by atoms with Crippen LogP contribution in [0.4, 0.5) is 5.69 Å². The first-order chi connectivity index (χ1) is 10.8. The van der Waals surface area contributed by atoms with Crippen molar-refractivity contribution in [2.24, 2.45) is 5.92 Å². The molecule has 128 valence electrons. The third kappa shape index (κ3) is 5.19. The Balaban J connectivity index is 1.84. The zero-order valence-corrected chi connectivity index (χ0v) is 15.0. The third-order valence-electron chi connectivity index (χ3n) is 4.16. The summed E-state index contributed by atoms with van der Waals surface area (Å²) in [6.07, 6.45) is 2.74. The molecule has 0 atom stereocenters. The molecule has 0 bridgehead atoms. The Morgan fingerprint density at radius 2 is 1.70 bits per heavy atom. The average molecular weight is 359 g/mol. The summed E-state index contributed by atoms with van der Waals surface area (Å²) >= 11 is 5.82. The molecule has 0 saturated heterocycles. The van der Waals surface area contributed by atoms with Crippen molar-refractivity contribution in [2.75, 3.05) is 5.32 Å². The smallest absolute Gasteiger partial charge is 0.227 e. The number of sulfonamides is 1. The van der Waals surface area contributed by atoms with Gasteiger partial charge in [0.15, 0.2) is 0 Å². The first kappa shape index (κ1) is 18.2. The predicted molar refractivity (Wildman–Crippen MR) is 93.0 cm³/mol. The van der Waals surface area contributed by atoms with Gasteiger partial charge in [-0.15, -0.1) is 0 Å². The number of anilines is 1. The fourth-order valence-electron chi connectivity index (χ4n) is 2.62. The third-order valence-corrected chi connectivity index (χ3v) is 6.32. The minimum Gasteiger partial charge on any atom is -0.326 e. The van der Waals surface area contributed by atoms with Crippen LogP contribution in [0.25, 0.3) is 0 Å². The van der Waals surface area contributed by atoms with Gasteiger partial charge in [-0.25, -0.2) is 13.1 Å². The van der Waals surface area contributed by atoms with Crippen molar-refractivity contribution < 1.29 is 13.2 Å². The maximum absolute atomic E-state index is 12.3. The lowest BCUT2D eigenvalue weighted by molar-refractivity contribution is -0.120. The van der Waals surface area contributed by atoms with E-state index in [9.17, 15) is 13.2 Å². The largest absolute Gasteiger partial charge is 0.326 e. The monoisotopic (exact) mass is 358 g/mol. The number of carbonyl (C=O) groups is 1. The number of amides is 1. The zero-order chi connectivity index (χ0) is 17.0. The highest BCUT2D eigenvalue weighted by Gasteiger charge is 2.29. The summed E-state index contributed by atoms with van der Waals surface area (Å²) in [5, 5.41) is 3.07. The molecular formula is C16H23ClN2O3S. The Morgan fingerprint density at radius 1 is 1.13 bits per heavy atom. The molecule has 1 saturated carbocycles. The van der Waals surface area contributed by atoms with E-state index in [0.717, 1.165) is 5.69 Å². The molecule has 7 heteroatoms. The van der Waals surface area contributed by atoms with Crippen LogP contribution in [0.5, 0.6) is 0 Å². The summed E-state index contributed by atoms with van der Waals surface area (Å²) in [5.41, 5.74) is 0.724. The van der Waals surface area contributed by atoms with Gasteiger partial charge in [0.05, 0.1) is 5.25 Å². The molecule has 0 radical (unpaired) electrons. The predicted octanol–water partition coefficient (Wildman–Crippen LogP) is 3.17. The lowest BCUT2D eigenvalue weighted by atomic mass is 9.86. The second-order valence-corrected chi connectivity index (χ2v) is 8.96. The zero-order valence-electron chi connectivity index (χ0n) is 13.4. The van der Waals surface area contributed by atoms with E-state index in [0.29, 0.717) is 30.7 Å². The van der Waals surface area contributed by atoms with E-state index < -0.39 is 15.3 Å². The molecule has 0 spiro atoms. The Kier molecular flexibility index (Phi) is 6.06. The first-order valence-corrected chi connectivity index (χ1v) is 9.78. The fourth-order valence-corrected chi connectivity index (χ4v) is 3.72. The van der Waals surface area contributed by atoms with Gasteiger partial charge < -0.3 is 5.32 Å². The summed E-state index contributed by atoms with van der Waals surface area (Å²) in [5.74, 6) is -0.0945. The molecule has 23 heavy (non-hydrogen) atoms. The number of hydrogen-bond donors (Lipinski definition) is 2. The highest BCUT2D eigenvalue weighted by molar-refractivity contribution is 7.90. The summed E-state index contributed by atoms with van der Waals surface area (Å²) in [7, 11) is -3.25. The molecule has 1 aliphatic carbocycles. The summed E-state index contributed by atoms with van der Waals surface area (Å²) in [4.78, 5) is 12.3. The molecule has 1 aromatic carbocycles. The lowest BCUT2D eigenvalue weighted by Crippen LogP contribution is -2.42. The normalized spacial score (nSPS) is 22.1. The molecule has 2 N–H and O–H groups in total. The maximum atomic E-state index is 12.3. The second-order valence-electron chi connectivity index (χ2n) is 6.26. The SMILES string of the molecule is CC(C)S(=O)(=O)NC1CCC(C(=O)Nc2ccc(Cl)cc2)CC1. The standard InChI is InChI=1S/C16H23ClN2O3S/c1-11(2)23(21,22)19-15-7-3-12(4-8-15)16(20)18-14-9-5-13(17)6-10-14/h5-6,9-12,15,19H,3-4,7-8H2,1-2H3,(H,18,20). The van der Waals surface area contributed by atoms with Crippen molar-refractivity contribution in [3.8, 4) is 0 Å². The van der Waals surface area contributed by atoms with Crippen LogP contribution in [-0.2, 0) is 14.8 Å². The van der Waals surface area contributed by atoms with Crippen LogP contribution in [0.1, 0.15) is 39.5 Å². The summed E-state index contributed by atoms with van der Waals surface area (Å²) in [6, 6.07) is 6.93. The van der Waals surface area contributed by atoms with Gasteiger partial charge in [-0.3, -0.25) is 4.79 Å². The van der Waals surface area contributed by atoms with Crippen LogP contribution < -0.4 is 10.0 Å². The summed E-state index contributed by atoms with van der Waals surface area (Å²) < 4.78 is 26.5. The Labute approximate surface area is 142 Å². The van der Waals surface area contributed by atoms with Crippen LogP contribution >= 0.6 is 11.6 Å². The Morgan fingerprint density at radius 3 is 2.22 bits per heavy atom. The number of rotatable bonds is 5. The van der Waals surface area contributed by atoms with Gasteiger partial charge in [0.1, 0.15) is 0 Å². The van der Waals surface area contributed by atoms with Gasteiger partial charge in [0, 0.05) is 22.7 Å². The average Bonchev–Trinajstić information content (AvgIpc) is 2.49. The summed E-state index contributed by atoms with van der Waals surface area (Å²) in [6.45, 7) is 3.32. The van der Waals surface area contributed by atoms with Gasteiger partial charge in [0.2, 0.25) is 15.9 Å². The van der Waals surface area contributed by atoms with Crippen LogP contribution in [0.3, 0.4) is 0 Å². The Hall–Kier alpha value is -1.11. The molecule has 1 fully saturated rings. The molecule has 0 unspecified atom stereocenters. The topological polar surface area (TPSA) is 75.3 Å². The molecule has 0 aliphatic heterocycles. The van der Waals surface area contributed by atoms with Gasteiger partial charge in [-0.2, -0.15) is 0 Å². The molecule has 1 aliphatic rings. The molecule has 1 amide bonds. The van der Waals surface area contributed by atoms with Crippen molar-refractivity contribution in [3.63, 3.8) is 0 Å². The van der Waals surface area contributed by atoms with Crippen LogP contribution in [0, 0.1) is 5.92 Å². The number of halogens is 1. The van der Waals surface area contributed by atoms with Gasteiger partial charge in [0.25, 0.3) is 0 Å². The second kappa shape index (κ2) is 7.64. The van der Waals surface area contributed by atoms with E-state index >= 15 is 0 Å². The lowest BCUT2D eigenvalue weighted by Gasteiger charge is -2.28. The highest BCUT2D eigenvalue weighted by atomic mass is 35.5. The number of carbonyl (C=O) groups excluding carboxylic acids is 1.